The molecule has 0 saturated heterocycles. The van der Waals surface area contributed by atoms with Crippen LogP contribution < -0.4 is 0 Å². The molecule has 0 radical (unpaired) electrons. The summed E-state index contributed by atoms with van der Waals surface area (Å²) < 4.78 is 4.50. The fraction of sp³-hybridized carbons (Fsp3) is 0.417. The molecular formula is C12H14O5. The molecule has 0 bridgehead atoms. The topological polar surface area (TPSA) is 87.0 Å². The molecule has 1 aromatic carbocycles. The molecule has 92 valence electrons. The second-order valence-electron chi connectivity index (χ2n) is 4.26. The average molecular weight is 238 g/mol. The molecule has 1 unspecified atom stereocenters. The van der Waals surface area contributed by atoms with E-state index in [1.165, 1.54) is 13.2 Å². The summed E-state index contributed by atoms with van der Waals surface area (Å²) in [5.41, 5.74) is -0.439. The van der Waals surface area contributed by atoms with Crippen LogP contribution in [-0.2, 0) is 14.9 Å². The number of carbonyl (C=O) groups is 1. The molecule has 0 aliphatic heterocycles. The number of hydrogen-bond acceptors (Lipinski definition) is 5. The van der Waals surface area contributed by atoms with Gasteiger partial charge in [-0.1, -0.05) is 12.1 Å². The minimum absolute atomic E-state index is 0.258. The fourth-order valence-corrected chi connectivity index (χ4v) is 2.10. The van der Waals surface area contributed by atoms with E-state index in [1.807, 2.05) is 0 Å². The minimum atomic E-state index is -1.32. The molecule has 5 nitrogen and oxygen atoms in total. The van der Waals surface area contributed by atoms with Crippen LogP contribution in [0.15, 0.2) is 18.2 Å². The summed E-state index contributed by atoms with van der Waals surface area (Å²) in [6.07, 6.45) is -0.180. The van der Waals surface area contributed by atoms with Gasteiger partial charge in [-0.15, -0.1) is 0 Å². The van der Waals surface area contributed by atoms with E-state index in [0.717, 1.165) is 0 Å². The van der Waals surface area contributed by atoms with Crippen molar-refractivity contribution in [1.82, 2.24) is 0 Å². The Hall–Kier alpha value is -1.75. The number of benzene rings is 1. The van der Waals surface area contributed by atoms with Crippen molar-refractivity contribution < 1.29 is 24.9 Å². The molecule has 1 aliphatic carbocycles. The Morgan fingerprint density at radius 1 is 1.41 bits per heavy atom. The van der Waals surface area contributed by atoms with Gasteiger partial charge < -0.3 is 20.1 Å². The summed E-state index contributed by atoms with van der Waals surface area (Å²) in [7, 11) is 1.20. The van der Waals surface area contributed by atoms with Crippen molar-refractivity contribution in [2.75, 3.05) is 7.11 Å². The maximum Gasteiger partial charge on any atom is 0.335 e. The number of ether oxygens (including phenoxy) is 1. The van der Waals surface area contributed by atoms with Gasteiger partial charge in [0.1, 0.15) is 0 Å². The lowest BCUT2D eigenvalue weighted by Gasteiger charge is -2.21. The van der Waals surface area contributed by atoms with Gasteiger partial charge in [0.15, 0.2) is 17.6 Å². The number of carbonyl (C=O) groups excluding carboxylic acids is 1. The van der Waals surface area contributed by atoms with Crippen molar-refractivity contribution in [3.05, 3.63) is 23.8 Å². The van der Waals surface area contributed by atoms with Crippen LogP contribution in [0, 0.1) is 0 Å². The summed E-state index contributed by atoms with van der Waals surface area (Å²) in [4.78, 5) is 11.4. The standard InChI is InChI=1S/C12H14O5/c1-17-11(16)10(15)12(5-6-12)7-3-2-4-8(13)9(7)14/h2-4,10,13-15H,5-6H2,1H3. The molecular weight excluding hydrogens is 224 g/mol. The second kappa shape index (κ2) is 3.92. The maximum atomic E-state index is 11.4. The molecule has 0 aromatic heterocycles. The lowest BCUT2D eigenvalue weighted by atomic mass is 9.89. The third-order valence-electron chi connectivity index (χ3n) is 3.29. The third-order valence-corrected chi connectivity index (χ3v) is 3.29. The van der Waals surface area contributed by atoms with Crippen molar-refractivity contribution in [3.8, 4) is 11.5 Å². The van der Waals surface area contributed by atoms with Gasteiger partial charge in [-0.05, 0) is 18.9 Å². The summed E-state index contributed by atoms with van der Waals surface area (Å²) in [5.74, 6) is -1.27. The van der Waals surface area contributed by atoms with E-state index in [1.54, 1.807) is 12.1 Å². The second-order valence-corrected chi connectivity index (χ2v) is 4.26. The first-order valence-electron chi connectivity index (χ1n) is 5.30. The molecule has 5 heteroatoms. The van der Waals surface area contributed by atoms with Crippen molar-refractivity contribution in [2.45, 2.75) is 24.4 Å². The Morgan fingerprint density at radius 2 is 2.06 bits per heavy atom. The average Bonchev–Trinajstić information content (AvgIpc) is 3.12. The van der Waals surface area contributed by atoms with E-state index >= 15 is 0 Å². The van der Waals surface area contributed by atoms with Gasteiger partial charge in [-0.25, -0.2) is 4.79 Å². The van der Waals surface area contributed by atoms with Gasteiger partial charge in [-0.3, -0.25) is 0 Å². The number of aromatic hydroxyl groups is 2. The smallest absolute Gasteiger partial charge is 0.335 e. The van der Waals surface area contributed by atoms with Crippen LogP contribution in [0.2, 0.25) is 0 Å². The fourth-order valence-electron chi connectivity index (χ4n) is 2.10. The molecule has 1 atom stereocenters. The summed E-state index contributed by atoms with van der Waals surface area (Å²) >= 11 is 0. The van der Waals surface area contributed by atoms with Crippen LogP contribution in [-0.4, -0.2) is 34.5 Å². The monoisotopic (exact) mass is 238 g/mol. The largest absolute Gasteiger partial charge is 0.504 e. The first kappa shape index (κ1) is 11.7. The first-order chi connectivity index (χ1) is 8.03. The zero-order valence-electron chi connectivity index (χ0n) is 9.38. The van der Waals surface area contributed by atoms with Gasteiger partial charge in [0.05, 0.1) is 7.11 Å². The third kappa shape index (κ3) is 1.72. The van der Waals surface area contributed by atoms with Crippen molar-refractivity contribution >= 4 is 5.97 Å². The molecule has 2 rings (SSSR count). The van der Waals surface area contributed by atoms with Crippen LogP contribution in [0.1, 0.15) is 18.4 Å². The number of aliphatic hydroxyl groups is 1. The number of rotatable bonds is 3. The molecule has 3 N–H and O–H groups in total. The Labute approximate surface area is 98.3 Å². The van der Waals surface area contributed by atoms with E-state index in [2.05, 4.69) is 4.74 Å². The predicted molar refractivity (Wildman–Crippen MR) is 58.7 cm³/mol. The van der Waals surface area contributed by atoms with E-state index in [-0.39, 0.29) is 11.5 Å². The minimum Gasteiger partial charge on any atom is -0.504 e. The highest BCUT2D eigenvalue weighted by molar-refractivity contribution is 5.78. The van der Waals surface area contributed by atoms with Gasteiger partial charge >= 0.3 is 5.97 Å². The van der Waals surface area contributed by atoms with Crippen molar-refractivity contribution in [3.63, 3.8) is 0 Å². The van der Waals surface area contributed by atoms with E-state index in [9.17, 15) is 20.1 Å². The van der Waals surface area contributed by atoms with Gasteiger partial charge in [-0.2, -0.15) is 0 Å². The van der Waals surface area contributed by atoms with Crippen LogP contribution >= 0.6 is 0 Å². The summed E-state index contributed by atoms with van der Waals surface area (Å²) in [6, 6.07) is 4.50. The van der Waals surface area contributed by atoms with Crippen LogP contribution in [0.25, 0.3) is 0 Å². The number of aliphatic hydroxyl groups excluding tert-OH is 1. The quantitative estimate of drug-likeness (QED) is 0.532. The van der Waals surface area contributed by atoms with Crippen LogP contribution in [0.5, 0.6) is 11.5 Å². The molecule has 0 spiro atoms. The normalized spacial score (nSPS) is 18.5. The van der Waals surface area contributed by atoms with Crippen LogP contribution in [0.3, 0.4) is 0 Å². The molecule has 1 aliphatic rings. The first-order valence-corrected chi connectivity index (χ1v) is 5.30. The SMILES string of the molecule is COC(=O)C(O)C1(c2cccc(O)c2O)CC1. The Morgan fingerprint density at radius 3 is 2.59 bits per heavy atom. The zero-order valence-corrected chi connectivity index (χ0v) is 9.38. The summed E-state index contributed by atoms with van der Waals surface area (Å²) in [5, 5.41) is 29.1. The van der Waals surface area contributed by atoms with Gasteiger partial charge in [0.25, 0.3) is 0 Å². The van der Waals surface area contributed by atoms with Crippen molar-refractivity contribution in [2.24, 2.45) is 0 Å². The van der Waals surface area contributed by atoms with Crippen molar-refractivity contribution in [1.29, 1.82) is 0 Å². The number of para-hydroxylation sites is 1. The van der Waals surface area contributed by atoms with Gasteiger partial charge in [0.2, 0.25) is 0 Å². The number of esters is 1. The highest BCUT2D eigenvalue weighted by atomic mass is 16.5. The highest BCUT2D eigenvalue weighted by Crippen LogP contribution is 2.55. The highest BCUT2D eigenvalue weighted by Gasteiger charge is 2.55. The number of phenolic OH excluding ortho intramolecular Hbond substituents is 2. The Balaban J connectivity index is 2.39. The lowest BCUT2D eigenvalue weighted by Crippen LogP contribution is -2.35. The Bertz CT molecular complexity index is 450. The predicted octanol–water partition coefficient (Wildman–Crippen LogP) is 0.663. The molecule has 17 heavy (non-hydrogen) atoms. The Kier molecular flexibility index (Phi) is 2.71. The van der Waals surface area contributed by atoms with E-state index < -0.39 is 17.5 Å². The molecule has 0 heterocycles. The number of phenols is 2. The van der Waals surface area contributed by atoms with Crippen LogP contribution in [0.4, 0.5) is 0 Å². The summed E-state index contributed by atoms with van der Waals surface area (Å²) in [6.45, 7) is 0. The lowest BCUT2D eigenvalue weighted by molar-refractivity contribution is -0.152. The number of methoxy groups -OCH3 is 1. The number of hydrogen-bond donors (Lipinski definition) is 3. The van der Waals surface area contributed by atoms with E-state index in [4.69, 9.17) is 0 Å². The van der Waals surface area contributed by atoms with E-state index in [0.29, 0.717) is 18.4 Å². The zero-order chi connectivity index (χ0) is 12.6. The molecule has 0 amide bonds. The molecule has 1 fully saturated rings. The molecule has 1 saturated carbocycles. The maximum absolute atomic E-state index is 11.4. The molecule has 1 aromatic rings. The van der Waals surface area contributed by atoms with Gasteiger partial charge in [0, 0.05) is 11.0 Å².